The number of carbonyl (C=O) groups excluding carboxylic acids is 1. The van der Waals surface area contributed by atoms with Crippen molar-refractivity contribution in [2.75, 3.05) is 7.11 Å². The minimum atomic E-state index is -0.322. The quantitative estimate of drug-likeness (QED) is 0.814. The average Bonchev–Trinajstić information content (AvgIpc) is 2.92. The van der Waals surface area contributed by atoms with Gasteiger partial charge in [-0.25, -0.2) is 4.79 Å². The van der Waals surface area contributed by atoms with E-state index in [0.717, 1.165) is 11.3 Å². The normalized spacial score (nSPS) is 10.3. The molecule has 0 aliphatic rings. The first-order valence-electron chi connectivity index (χ1n) is 5.57. The Kier molecular flexibility index (Phi) is 4.09. The minimum absolute atomic E-state index is 0.322. The van der Waals surface area contributed by atoms with Gasteiger partial charge in [0.05, 0.1) is 18.4 Å². The van der Waals surface area contributed by atoms with Crippen LogP contribution in [0.25, 0.3) is 0 Å². The highest BCUT2D eigenvalue weighted by Gasteiger charge is 2.04. The highest BCUT2D eigenvalue weighted by atomic mass is 16.5. The van der Waals surface area contributed by atoms with E-state index >= 15 is 0 Å². The van der Waals surface area contributed by atoms with Crippen molar-refractivity contribution in [3.05, 3.63) is 53.4 Å². The first kappa shape index (κ1) is 12.3. The van der Waals surface area contributed by atoms with E-state index in [1.54, 1.807) is 18.4 Å². The average molecular weight is 246 g/mol. The molecule has 1 heterocycles. The second kappa shape index (κ2) is 5.97. The predicted octanol–water partition coefficient (Wildman–Crippen LogP) is 1.75. The zero-order valence-corrected chi connectivity index (χ0v) is 10.1. The van der Waals surface area contributed by atoms with E-state index in [4.69, 9.17) is 4.52 Å². The molecule has 0 aliphatic carbocycles. The zero-order valence-electron chi connectivity index (χ0n) is 10.1. The highest BCUT2D eigenvalue weighted by molar-refractivity contribution is 5.89. The Morgan fingerprint density at radius 2 is 2.06 bits per heavy atom. The van der Waals surface area contributed by atoms with Crippen molar-refractivity contribution in [1.82, 2.24) is 10.5 Å². The molecule has 0 radical (unpaired) electrons. The summed E-state index contributed by atoms with van der Waals surface area (Å²) in [5, 5.41) is 7.03. The first-order valence-corrected chi connectivity index (χ1v) is 5.57. The standard InChI is InChI=1S/C13H14N2O3/c1-17-13(16)11-4-2-10(3-5-11)8-14-9-12-6-7-18-15-12/h2-7,14H,8-9H2,1H3. The number of rotatable bonds is 5. The fourth-order valence-electron chi connectivity index (χ4n) is 1.54. The molecule has 1 aromatic heterocycles. The lowest BCUT2D eigenvalue weighted by atomic mass is 10.1. The van der Waals surface area contributed by atoms with Crippen LogP contribution >= 0.6 is 0 Å². The van der Waals surface area contributed by atoms with Gasteiger partial charge in [0.1, 0.15) is 6.26 Å². The molecule has 0 amide bonds. The lowest BCUT2D eigenvalue weighted by molar-refractivity contribution is 0.0600. The molecule has 0 unspecified atom stereocenters. The highest BCUT2D eigenvalue weighted by Crippen LogP contribution is 2.06. The molecule has 0 saturated carbocycles. The van der Waals surface area contributed by atoms with Gasteiger partial charge in [-0.3, -0.25) is 0 Å². The largest absolute Gasteiger partial charge is 0.465 e. The van der Waals surface area contributed by atoms with E-state index in [1.165, 1.54) is 7.11 Å². The van der Waals surface area contributed by atoms with E-state index in [2.05, 4.69) is 15.2 Å². The summed E-state index contributed by atoms with van der Waals surface area (Å²) < 4.78 is 9.36. The Balaban J connectivity index is 1.85. The van der Waals surface area contributed by atoms with Gasteiger partial charge >= 0.3 is 5.97 Å². The first-order chi connectivity index (χ1) is 8.79. The summed E-state index contributed by atoms with van der Waals surface area (Å²) in [6, 6.07) is 9.09. The zero-order chi connectivity index (χ0) is 12.8. The summed E-state index contributed by atoms with van der Waals surface area (Å²) in [5.74, 6) is -0.322. The second-order valence-corrected chi connectivity index (χ2v) is 3.78. The third-order valence-electron chi connectivity index (χ3n) is 2.50. The molecule has 94 valence electrons. The monoisotopic (exact) mass is 246 g/mol. The molecule has 0 aliphatic heterocycles. The lowest BCUT2D eigenvalue weighted by Gasteiger charge is -2.04. The lowest BCUT2D eigenvalue weighted by Crippen LogP contribution is -2.13. The van der Waals surface area contributed by atoms with Gasteiger partial charge in [-0.2, -0.15) is 0 Å². The molecule has 2 rings (SSSR count). The van der Waals surface area contributed by atoms with Crippen LogP contribution in [0.2, 0.25) is 0 Å². The van der Waals surface area contributed by atoms with Crippen molar-refractivity contribution < 1.29 is 14.1 Å². The Morgan fingerprint density at radius 3 is 2.67 bits per heavy atom. The second-order valence-electron chi connectivity index (χ2n) is 3.78. The van der Waals surface area contributed by atoms with Crippen molar-refractivity contribution in [3.8, 4) is 0 Å². The Hall–Kier alpha value is -2.14. The van der Waals surface area contributed by atoms with Crippen LogP contribution in [0.5, 0.6) is 0 Å². The summed E-state index contributed by atoms with van der Waals surface area (Å²) >= 11 is 0. The van der Waals surface area contributed by atoms with Gasteiger partial charge in [0.2, 0.25) is 0 Å². The Bertz CT molecular complexity index is 491. The number of benzene rings is 1. The number of hydrogen-bond donors (Lipinski definition) is 1. The number of methoxy groups -OCH3 is 1. The predicted molar refractivity (Wildman–Crippen MR) is 64.8 cm³/mol. The van der Waals surface area contributed by atoms with Gasteiger partial charge in [-0.05, 0) is 17.7 Å². The van der Waals surface area contributed by atoms with Crippen molar-refractivity contribution in [2.24, 2.45) is 0 Å². The van der Waals surface area contributed by atoms with Crippen molar-refractivity contribution in [1.29, 1.82) is 0 Å². The van der Waals surface area contributed by atoms with Crippen LogP contribution < -0.4 is 5.32 Å². The number of ether oxygens (including phenoxy) is 1. The summed E-state index contributed by atoms with van der Waals surface area (Å²) in [7, 11) is 1.37. The molecule has 5 heteroatoms. The Morgan fingerprint density at radius 1 is 1.28 bits per heavy atom. The number of nitrogens with one attached hydrogen (secondary N) is 1. The maximum Gasteiger partial charge on any atom is 0.337 e. The molecule has 18 heavy (non-hydrogen) atoms. The fourth-order valence-corrected chi connectivity index (χ4v) is 1.54. The van der Waals surface area contributed by atoms with Crippen LogP contribution in [-0.4, -0.2) is 18.2 Å². The van der Waals surface area contributed by atoms with Crippen LogP contribution in [0.15, 0.2) is 41.1 Å². The third-order valence-corrected chi connectivity index (χ3v) is 2.50. The maximum atomic E-state index is 11.2. The van der Waals surface area contributed by atoms with E-state index in [1.807, 2.05) is 18.2 Å². The van der Waals surface area contributed by atoms with Crippen LogP contribution in [0, 0.1) is 0 Å². The molecule has 0 spiro atoms. The maximum absolute atomic E-state index is 11.2. The van der Waals surface area contributed by atoms with E-state index in [0.29, 0.717) is 18.7 Å². The van der Waals surface area contributed by atoms with Crippen LogP contribution in [-0.2, 0) is 17.8 Å². The van der Waals surface area contributed by atoms with Crippen molar-refractivity contribution >= 4 is 5.97 Å². The number of hydrogen-bond acceptors (Lipinski definition) is 5. The summed E-state index contributed by atoms with van der Waals surface area (Å²) in [6.45, 7) is 1.35. The number of carbonyl (C=O) groups is 1. The van der Waals surface area contributed by atoms with Gasteiger partial charge in [-0.1, -0.05) is 17.3 Å². The molecule has 5 nitrogen and oxygen atoms in total. The van der Waals surface area contributed by atoms with Gasteiger partial charge in [-0.15, -0.1) is 0 Å². The molecular weight excluding hydrogens is 232 g/mol. The van der Waals surface area contributed by atoms with Gasteiger partial charge < -0.3 is 14.6 Å². The van der Waals surface area contributed by atoms with Crippen LogP contribution in [0.3, 0.4) is 0 Å². The summed E-state index contributed by atoms with van der Waals surface area (Å²) in [5.41, 5.74) is 2.50. The Labute approximate surface area is 105 Å². The molecule has 0 atom stereocenters. The summed E-state index contributed by atoms with van der Waals surface area (Å²) in [6.07, 6.45) is 1.54. The summed E-state index contributed by atoms with van der Waals surface area (Å²) in [4.78, 5) is 11.2. The van der Waals surface area contributed by atoms with Crippen molar-refractivity contribution in [3.63, 3.8) is 0 Å². The number of esters is 1. The van der Waals surface area contributed by atoms with Gasteiger partial charge in [0.15, 0.2) is 0 Å². The fraction of sp³-hybridized carbons (Fsp3) is 0.231. The van der Waals surface area contributed by atoms with Crippen molar-refractivity contribution in [2.45, 2.75) is 13.1 Å². The SMILES string of the molecule is COC(=O)c1ccc(CNCc2ccon2)cc1. The smallest absolute Gasteiger partial charge is 0.337 e. The molecule has 0 saturated heterocycles. The number of aromatic nitrogens is 1. The number of nitrogens with zero attached hydrogens (tertiary/aromatic N) is 1. The van der Waals surface area contributed by atoms with E-state index < -0.39 is 0 Å². The molecule has 1 N–H and O–H groups in total. The van der Waals surface area contributed by atoms with Gasteiger partial charge in [0.25, 0.3) is 0 Å². The topological polar surface area (TPSA) is 64.4 Å². The van der Waals surface area contributed by atoms with E-state index in [9.17, 15) is 4.79 Å². The molecule has 2 aromatic rings. The van der Waals surface area contributed by atoms with E-state index in [-0.39, 0.29) is 5.97 Å². The molecular formula is C13H14N2O3. The van der Waals surface area contributed by atoms with Gasteiger partial charge in [0, 0.05) is 19.2 Å². The van der Waals surface area contributed by atoms with Crippen LogP contribution in [0.1, 0.15) is 21.6 Å². The molecule has 0 fully saturated rings. The molecule has 1 aromatic carbocycles. The molecule has 0 bridgehead atoms. The van der Waals surface area contributed by atoms with Crippen LogP contribution in [0.4, 0.5) is 0 Å². The minimum Gasteiger partial charge on any atom is -0.465 e. The third kappa shape index (κ3) is 3.18.